The maximum atomic E-state index is 12.7. The summed E-state index contributed by atoms with van der Waals surface area (Å²) in [6.07, 6.45) is 2.69. The average molecular weight is 522 g/mol. The van der Waals surface area contributed by atoms with E-state index in [2.05, 4.69) is 15.6 Å². The van der Waals surface area contributed by atoms with Gasteiger partial charge in [0.15, 0.2) is 0 Å². The lowest BCUT2D eigenvalue weighted by Gasteiger charge is -2.18. The van der Waals surface area contributed by atoms with Crippen LogP contribution >= 0.6 is 0 Å². The molecular formula is C29H35N3O6. The van der Waals surface area contributed by atoms with Crippen LogP contribution in [-0.2, 0) is 11.2 Å². The van der Waals surface area contributed by atoms with Crippen LogP contribution in [0.1, 0.15) is 42.6 Å². The molecule has 1 amide bonds. The first-order valence-corrected chi connectivity index (χ1v) is 12.6. The van der Waals surface area contributed by atoms with Crippen LogP contribution < -0.4 is 24.8 Å². The molecule has 0 bridgehead atoms. The second-order valence-electron chi connectivity index (χ2n) is 9.02. The number of anilines is 1. The minimum absolute atomic E-state index is 0.0330. The van der Waals surface area contributed by atoms with Crippen LogP contribution in [0, 0.1) is 0 Å². The van der Waals surface area contributed by atoms with Crippen LogP contribution in [0.25, 0.3) is 0 Å². The number of rotatable bonds is 15. The lowest BCUT2D eigenvalue weighted by atomic mass is 10.0. The zero-order valence-electron chi connectivity index (χ0n) is 22.0. The summed E-state index contributed by atoms with van der Waals surface area (Å²) < 4.78 is 16.6. The molecule has 1 aromatic heterocycles. The van der Waals surface area contributed by atoms with Crippen molar-refractivity contribution in [2.24, 2.45) is 0 Å². The van der Waals surface area contributed by atoms with Gasteiger partial charge in [-0.1, -0.05) is 12.1 Å². The highest BCUT2D eigenvalue weighted by atomic mass is 16.5. The number of hydrogen-bond acceptors (Lipinski definition) is 7. The normalized spacial score (nSPS) is 11.5. The third-order valence-corrected chi connectivity index (χ3v) is 5.51. The van der Waals surface area contributed by atoms with Crippen LogP contribution in [0.15, 0.2) is 66.9 Å². The Labute approximate surface area is 223 Å². The topological polar surface area (TPSA) is 119 Å². The fourth-order valence-electron chi connectivity index (χ4n) is 3.73. The molecule has 0 saturated carbocycles. The van der Waals surface area contributed by atoms with E-state index in [-0.39, 0.29) is 18.4 Å². The van der Waals surface area contributed by atoms with Crippen LogP contribution in [0.3, 0.4) is 0 Å². The summed E-state index contributed by atoms with van der Waals surface area (Å²) in [7, 11) is 1.62. The first-order chi connectivity index (χ1) is 18.3. The van der Waals surface area contributed by atoms with Crippen molar-refractivity contribution in [3.05, 3.63) is 78.0 Å². The molecule has 0 aliphatic carbocycles. The Morgan fingerprint density at radius 3 is 2.34 bits per heavy atom. The van der Waals surface area contributed by atoms with Gasteiger partial charge in [0.25, 0.3) is 5.91 Å². The number of hydrogen-bond donors (Lipinski definition) is 3. The fourth-order valence-corrected chi connectivity index (χ4v) is 3.73. The molecule has 3 aromatic rings. The molecule has 1 atom stereocenters. The smallest absolute Gasteiger partial charge is 0.305 e. The second-order valence-corrected chi connectivity index (χ2v) is 9.02. The quantitative estimate of drug-likeness (QED) is 0.249. The molecule has 0 fully saturated rings. The van der Waals surface area contributed by atoms with Crippen molar-refractivity contribution < 1.29 is 28.9 Å². The summed E-state index contributed by atoms with van der Waals surface area (Å²) in [4.78, 5) is 28.4. The van der Waals surface area contributed by atoms with E-state index in [0.29, 0.717) is 30.9 Å². The minimum Gasteiger partial charge on any atom is -0.497 e. The number of carbonyl (C=O) groups excluding carboxylic acids is 1. The van der Waals surface area contributed by atoms with E-state index in [1.165, 1.54) is 0 Å². The average Bonchev–Trinajstić information content (AvgIpc) is 2.89. The van der Waals surface area contributed by atoms with Crippen LogP contribution in [-0.4, -0.2) is 54.4 Å². The van der Waals surface area contributed by atoms with Gasteiger partial charge in [0, 0.05) is 30.4 Å². The molecule has 38 heavy (non-hydrogen) atoms. The van der Waals surface area contributed by atoms with Gasteiger partial charge in [-0.05, 0) is 74.7 Å². The van der Waals surface area contributed by atoms with Gasteiger partial charge in [-0.3, -0.25) is 9.59 Å². The van der Waals surface area contributed by atoms with Gasteiger partial charge in [-0.15, -0.1) is 0 Å². The fraction of sp³-hybridized carbons (Fsp3) is 0.345. The van der Waals surface area contributed by atoms with Crippen molar-refractivity contribution in [2.45, 2.75) is 45.3 Å². The number of carboxylic acids is 1. The molecule has 202 valence electrons. The van der Waals surface area contributed by atoms with Crippen molar-refractivity contribution in [3.63, 3.8) is 0 Å². The van der Waals surface area contributed by atoms with Gasteiger partial charge in [0.05, 0.1) is 26.2 Å². The Balaban J connectivity index is 1.47. The number of amides is 1. The maximum absolute atomic E-state index is 12.7. The molecule has 0 unspecified atom stereocenters. The Kier molecular flexibility index (Phi) is 10.8. The molecule has 2 aromatic carbocycles. The first-order valence-electron chi connectivity index (χ1n) is 12.6. The third kappa shape index (κ3) is 9.65. The summed E-state index contributed by atoms with van der Waals surface area (Å²) in [5, 5.41) is 15.4. The van der Waals surface area contributed by atoms with Crippen molar-refractivity contribution >= 4 is 17.7 Å². The lowest BCUT2D eigenvalue weighted by Crippen LogP contribution is -2.38. The molecule has 0 radical (unpaired) electrons. The SMILES string of the molecule is COc1ccnc(NCCCOc2ccc(C[C@@H](CC(=O)O)NC(=O)c3ccc(OC(C)C)cc3)cc2)c1. The monoisotopic (exact) mass is 521 g/mol. The van der Waals surface area contributed by atoms with Gasteiger partial charge in [-0.2, -0.15) is 0 Å². The molecule has 1 heterocycles. The molecule has 0 spiro atoms. The van der Waals surface area contributed by atoms with Crippen LogP contribution in [0.2, 0.25) is 0 Å². The standard InChI is InChI=1S/C29H35N3O6/c1-20(2)38-25-11-7-22(8-12-25)29(35)32-23(18-28(33)34)17-21-5-9-24(10-6-21)37-16-4-14-30-27-19-26(36-3)13-15-31-27/h5-13,15,19-20,23H,4,14,16-18H2,1-3H3,(H,30,31)(H,32,35)(H,33,34)/t23-/m0/s1. The zero-order chi connectivity index (χ0) is 27.3. The van der Waals surface area contributed by atoms with E-state index in [0.717, 1.165) is 29.3 Å². The minimum atomic E-state index is -0.978. The number of pyridine rings is 1. The highest BCUT2D eigenvalue weighted by Gasteiger charge is 2.18. The van der Waals surface area contributed by atoms with E-state index < -0.39 is 12.0 Å². The van der Waals surface area contributed by atoms with Crippen molar-refractivity contribution in [2.75, 3.05) is 25.6 Å². The zero-order valence-corrected chi connectivity index (χ0v) is 22.0. The van der Waals surface area contributed by atoms with Gasteiger partial charge < -0.3 is 30.0 Å². The molecule has 3 N–H and O–H groups in total. The van der Waals surface area contributed by atoms with E-state index >= 15 is 0 Å². The van der Waals surface area contributed by atoms with Gasteiger partial charge in [0.2, 0.25) is 0 Å². The van der Waals surface area contributed by atoms with Crippen molar-refractivity contribution in [1.82, 2.24) is 10.3 Å². The summed E-state index contributed by atoms with van der Waals surface area (Å²) in [6, 6.07) is 17.3. The largest absolute Gasteiger partial charge is 0.497 e. The molecule has 9 nitrogen and oxygen atoms in total. The predicted molar refractivity (Wildman–Crippen MR) is 145 cm³/mol. The van der Waals surface area contributed by atoms with Crippen molar-refractivity contribution in [1.29, 1.82) is 0 Å². The summed E-state index contributed by atoms with van der Waals surface area (Å²) >= 11 is 0. The third-order valence-electron chi connectivity index (χ3n) is 5.51. The van der Waals surface area contributed by atoms with Gasteiger partial charge in [-0.25, -0.2) is 4.98 Å². The molecule has 3 rings (SSSR count). The predicted octanol–water partition coefficient (Wildman–Crippen LogP) is 4.57. The lowest BCUT2D eigenvalue weighted by molar-refractivity contribution is -0.137. The summed E-state index contributed by atoms with van der Waals surface area (Å²) in [6.45, 7) is 5.07. The van der Waals surface area contributed by atoms with Crippen LogP contribution in [0.5, 0.6) is 17.2 Å². The summed E-state index contributed by atoms with van der Waals surface area (Å²) in [5.74, 6) is 1.57. The highest BCUT2D eigenvalue weighted by molar-refractivity contribution is 5.94. The number of carbonyl (C=O) groups is 2. The number of methoxy groups -OCH3 is 1. The van der Waals surface area contributed by atoms with Crippen LogP contribution in [0.4, 0.5) is 5.82 Å². The molecular weight excluding hydrogens is 486 g/mol. The highest BCUT2D eigenvalue weighted by Crippen LogP contribution is 2.17. The summed E-state index contributed by atoms with van der Waals surface area (Å²) in [5.41, 5.74) is 1.34. The molecule has 0 aliphatic heterocycles. The number of aliphatic carboxylic acids is 1. The first kappa shape index (κ1) is 28.3. The molecule has 9 heteroatoms. The van der Waals surface area contributed by atoms with Gasteiger partial charge in [0.1, 0.15) is 23.1 Å². The Bertz CT molecular complexity index is 1170. The number of nitrogens with zero attached hydrogens (tertiary/aromatic N) is 1. The number of carboxylic acid groups (broad SMARTS) is 1. The van der Waals surface area contributed by atoms with E-state index in [1.807, 2.05) is 44.2 Å². The Morgan fingerprint density at radius 1 is 0.974 bits per heavy atom. The number of benzene rings is 2. The van der Waals surface area contributed by atoms with Crippen molar-refractivity contribution in [3.8, 4) is 17.2 Å². The Morgan fingerprint density at radius 2 is 1.68 bits per heavy atom. The van der Waals surface area contributed by atoms with E-state index in [9.17, 15) is 14.7 Å². The maximum Gasteiger partial charge on any atom is 0.305 e. The second kappa shape index (κ2) is 14.5. The number of aromatic nitrogens is 1. The number of nitrogens with one attached hydrogen (secondary N) is 2. The van der Waals surface area contributed by atoms with E-state index in [4.69, 9.17) is 14.2 Å². The number of ether oxygens (including phenoxy) is 3. The molecule has 0 saturated heterocycles. The van der Waals surface area contributed by atoms with E-state index in [1.54, 1.807) is 43.6 Å². The Hall–Kier alpha value is -4.27. The molecule has 0 aliphatic rings. The van der Waals surface area contributed by atoms with Gasteiger partial charge >= 0.3 is 5.97 Å².